The molecular weight excluding hydrogens is 396 g/mol. The molecule has 6 heteroatoms. The summed E-state index contributed by atoms with van der Waals surface area (Å²) in [6, 6.07) is 5.97. The van der Waals surface area contributed by atoms with Crippen LogP contribution in [0.15, 0.2) is 27.1 Å². The summed E-state index contributed by atoms with van der Waals surface area (Å²) in [5, 5.41) is 6.69. The Hall–Kier alpha value is -1.14. The maximum atomic E-state index is 4.61. The molecule has 112 valence electrons. The number of para-hydroxylation sites is 1. The summed E-state index contributed by atoms with van der Waals surface area (Å²) in [4.78, 5) is 9.15. The molecule has 2 N–H and O–H groups in total. The van der Waals surface area contributed by atoms with E-state index in [4.69, 9.17) is 0 Å². The van der Waals surface area contributed by atoms with Gasteiger partial charge in [-0.05, 0) is 57.8 Å². The minimum atomic E-state index is 0.796. The SMILES string of the molecule is CCNc1nc(CC)nc(Nc2c(Br)cccc2Br)c1C. The van der Waals surface area contributed by atoms with Gasteiger partial charge in [0.15, 0.2) is 0 Å². The largest absolute Gasteiger partial charge is 0.370 e. The number of hydrogen-bond donors (Lipinski definition) is 2. The van der Waals surface area contributed by atoms with Crippen molar-refractivity contribution in [1.29, 1.82) is 0 Å². The van der Waals surface area contributed by atoms with Gasteiger partial charge < -0.3 is 10.6 Å². The minimum Gasteiger partial charge on any atom is -0.370 e. The number of aromatic nitrogens is 2. The molecular formula is C15H18Br2N4. The first-order chi connectivity index (χ1) is 10.1. The lowest BCUT2D eigenvalue weighted by atomic mass is 10.2. The zero-order valence-electron chi connectivity index (χ0n) is 12.3. The zero-order chi connectivity index (χ0) is 15.4. The molecule has 0 fully saturated rings. The fourth-order valence-corrected chi connectivity index (χ4v) is 3.11. The number of benzene rings is 1. The third kappa shape index (κ3) is 3.74. The summed E-state index contributed by atoms with van der Waals surface area (Å²) < 4.78 is 1.97. The van der Waals surface area contributed by atoms with Crippen LogP contribution in [-0.2, 0) is 6.42 Å². The molecule has 2 aromatic rings. The molecule has 0 atom stereocenters. The van der Waals surface area contributed by atoms with Crippen LogP contribution in [0.5, 0.6) is 0 Å². The van der Waals surface area contributed by atoms with E-state index < -0.39 is 0 Å². The van der Waals surface area contributed by atoms with Gasteiger partial charge in [0.25, 0.3) is 0 Å². The van der Waals surface area contributed by atoms with Gasteiger partial charge in [-0.15, -0.1) is 0 Å². The summed E-state index contributed by atoms with van der Waals surface area (Å²) in [6.07, 6.45) is 0.796. The van der Waals surface area contributed by atoms with Crippen LogP contribution < -0.4 is 10.6 Å². The molecule has 0 aliphatic rings. The van der Waals surface area contributed by atoms with Crippen molar-refractivity contribution < 1.29 is 0 Å². The first-order valence-electron chi connectivity index (χ1n) is 6.89. The Morgan fingerprint density at radius 2 is 1.67 bits per heavy atom. The Balaban J connectivity index is 2.46. The maximum absolute atomic E-state index is 4.61. The lowest BCUT2D eigenvalue weighted by Gasteiger charge is -2.16. The Morgan fingerprint density at radius 1 is 1.05 bits per heavy atom. The fraction of sp³-hybridized carbons (Fsp3) is 0.333. The van der Waals surface area contributed by atoms with Crippen LogP contribution in [0.2, 0.25) is 0 Å². The number of nitrogens with zero attached hydrogens (tertiary/aromatic N) is 2. The summed E-state index contributed by atoms with van der Waals surface area (Å²) in [5.74, 6) is 2.53. The molecule has 0 aliphatic heterocycles. The number of rotatable bonds is 5. The van der Waals surface area contributed by atoms with Crippen molar-refractivity contribution in [3.63, 3.8) is 0 Å². The Labute approximate surface area is 142 Å². The average molecular weight is 414 g/mol. The van der Waals surface area contributed by atoms with E-state index >= 15 is 0 Å². The number of anilines is 3. The lowest BCUT2D eigenvalue weighted by molar-refractivity contribution is 0.929. The van der Waals surface area contributed by atoms with Crippen LogP contribution in [0.3, 0.4) is 0 Å². The molecule has 4 nitrogen and oxygen atoms in total. The molecule has 1 heterocycles. The monoisotopic (exact) mass is 412 g/mol. The van der Waals surface area contributed by atoms with Crippen molar-refractivity contribution in [3.05, 3.63) is 38.5 Å². The lowest BCUT2D eigenvalue weighted by Crippen LogP contribution is -2.09. The van der Waals surface area contributed by atoms with Crippen LogP contribution in [0.1, 0.15) is 25.2 Å². The van der Waals surface area contributed by atoms with Gasteiger partial charge in [0, 0.05) is 27.5 Å². The highest BCUT2D eigenvalue weighted by Gasteiger charge is 2.12. The molecule has 0 spiro atoms. The highest BCUT2D eigenvalue weighted by molar-refractivity contribution is 9.11. The highest BCUT2D eigenvalue weighted by atomic mass is 79.9. The van der Waals surface area contributed by atoms with Crippen LogP contribution in [0.4, 0.5) is 17.3 Å². The predicted octanol–water partition coefficient (Wildman–Crippen LogP) is 5.05. The van der Waals surface area contributed by atoms with Gasteiger partial charge in [0.05, 0.1) is 5.69 Å². The molecule has 0 radical (unpaired) electrons. The number of hydrogen-bond acceptors (Lipinski definition) is 4. The van der Waals surface area contributed by atoms with Crippen molar-refractivity contribution in [2.75, 3.05) is 17.2 Å². The van der Waals surface area contributed by atoms with E-state index in [1.807, 2.05) is 25.1 Å². The maximum Gasteiger partial charge on any atom is 0.139 e. The van der Waals surface area contributed by atoms with Crippen LogP contribution in [0.25, 0.3) is 0 Å². The summed E-state index contributed by atoms with van der Waals surface area (Å²) in [6.45, 7) is 6.97. The first-order valence-corrected chi connectivity index (χ1v) is 8.47. The Bertz CT molecular complexity index is 624. The second-order valence-corrected chi connectivity index (χ2v) is 6.28. The molecule has 0 aliphatic carbocycles. The van der Waals surface area contributed by atoms with E-state index in [2.05, 4.69) is 66.3 Å². The highest BCUT2D eigenvalue weighted by Crippen LogP contribution is 2.34. The van der Waals surface area contributed by atoms with Gasteiger partial charge in [-0.3, -0.25) is 0 Å². The van der Waals surface area contributed by atoms with Crippen LogP contribution in [-0.4, -0.2) is 16.5 Å². The van der Waals surface area contributed by atoms with Crippen LogP contribution >= 0.6 is 31.9 Å². The molecule has 21 heavy (non-hydrogen) atoms. The molecule has 0 unspecified atom stereocenters. The van der Waals surface area contributed by atoms with E-state index in [9.17, 15) is 0 Å². The topological polar surface area (TPSA) is 49.8 Å². The predicted molar refractivity (Wildman–Crippen MR) is 95.4 cm³/mol. The van der Waals surface area contributed by atoms with Gasteiger partial charge in [-0.25, -0.2) is 9.97 Å². The van der Waals surface area contributed by atoms with E-state index in [1.54, 1.807) is 0 Å². The van der Waals surface area contributed by atoms with E-state index in [1.165, 1.54) is 0 Å². The molecule has 1 aromatic carbocycles. The average Bonchev–Trinajstić information content (AvgIpc) is 2.46. The van der Waals surface area contributed by atoms with Crippen molar-refractivity contribution >= 4 is 49.2 Å². The van der Waals surface area contributed by atoms with Crippen molar-refractivity contribution in [3.8, 4) is 0 Å². The summed E-state index contributed by atoms with van der Waals surface area (Å²) in [5.41, 5.74) is 1.97. The van der Waals surface area contributed by atoms with Crippen molar-refractivity contribution in [2.45, 2.75) is 27.2 Å². The van der Waals surface area contributed by atoms with Crippen molar-refractivity contribution in [2.24, 2.45) is 0 Å². The summed E-state index contributed by atoms with van der Waals surface area (Å²) in [7, 11) is 0. The Kier molecular flexibility index (Phi) is 5.58. The van der Waals surface area contributed by atoms with E-state index in [0.29, 0.717) is 0 Å². The number of nitrogens with one attached hydrogen (secondary N) is 2. The quantitative estimate of drug-likeness (QED) is 0.720. The van der Waals surface area contributed by atoms with Gasteiger partial charge in [-0.1, -0.05) is 13.0 Å². The normalized spacial score (nSPS) is 10.5. The van der Waals surface area contributed by atoms with Gasteiger partial charge in [0.2, 0.25) is 0 Å². The van der Waals surface area contributed by atoms with Gasteiger partial charge in [0.1, 0.15) is 17.5 Å². The zero-order valence-corrected chi connectivity index (χ0v) is 15.5. The molecule has 0 amide bonds. The standard InChI is InChI=1S/C15H18Br2N4/c1-4-12-19-14(18-5-2)9(3)15(20-12)21-13-10(16)7-6-8-11(13)17/h6-8H,4-5H2,1-3H3,(H2,18,19,20,21). The van der Waals surface area contributed by atoms with Crippen molar-refractivity contribution in [1.82, 2.24) is 9.97 Å². The first kappa shape index (κ1) is 16.2. The Morgan fingerprint density at radius 3 is 2.24 bits per heavy atom. The van der Waals surface area contributed by atoms with Gasteiger partial charge >= 0.3 is 0 Å². The van der Waals surface area contributed by atoms with Crippen LogP contribution in [0, 0.1) is 6.92 Å². The fourth-order valence-electron chi connectivity index (χ4n) is 1.92. The molecule has 1 aromatic heterocycles. The van der Waals surface area contributed by atoms with E-state index in [0.717, 1.165) is 50.6 Å². The smallest absolute Gasteiger partial charge is 0.139 e. The minimum absolute atomic E-state index is 0.796. The summed E-state index contributed by atoms with van der Waals surface area (Å²) >= 11 is 7.12. The molecule has 0 saturated carbocycles. The van der Waals surface area contributed by atoms with Gasteiger partial charge in [-0.2, -0.15) is 0 Å². The second-order valence-electron chi connectivity index (χ2n) is 4.57. The van der Waals surface area contributed by atoms with E-state index in [-0.39, 0.29) is 0 Å². The second kappa shape index (κ2) is 7.22. The molecule has 0 saturated heterocycles. The third-order valence-corrected chi connectivity index (χ3v) is 4.38. The number of halogens is 2. The molecule has 0 bridgehead atoms. The number of aryl methyl sites for hydroxylation is 1. The third-order valence-electron chi connectivity index (χ3n) is 3.06. The molecule has 2 rings (SSSR count).